The number of nitrogens with zero attached hydrogens (tertiary/aromatic N) is 2. The lowest BCUT2D eigenvalue weighted by Crippen LogP contribution is -2.10. The molecule has 1 aromatic heterocycles. The number of carbonyl (C=O) groups excluding carboxylic acids is 1. The van der Waals surface area contributed by atoms with E-state index < -0.39 is 23.7 Å². The van der Waals surface area contributed by atoms with Crippen LogP contribution >= 0.6 is 0 Å². The van der Waals surface area contributed by atoms with Crippen molar-refractivity contribution in [3.05, 3.63) is 65.6 Å². The van der Waals surface area contributed by atoms with E-state index in [2.05, 4.69) is 10.2 Å². The molecule has 0 aliphatic rings. The summed E-state index contributed by atoms with van der Waals surface area (Å²) in [6.07, 6.45) is -0.866. The number of halogens is 2. The maximum absolute atomic E-state index is 13.2. The SMILES string of the molecule is COc1ccc(-c2nnc([C@H](C)OC(=O)c3ccc(F)c(F)c3)o2)cc1. The topological polar surface area (TPSA) is 74.5 Å². The average Bonchev–Trinajstić information content (AvgIpc) is 3.14. The van der Waals surface area contributed by atoms with Gasteiger partial charge in [0.15, 0.2) is 17.7 Å². The predicted octanol–water partition coefficient (Wildman–Crippen LogP) is 3.94. The highest BCUT2D eigenvalue weighted by Crippen LogP contribution is 2.25. The lowest BCUT2D eigenvalue weighted by molar-refractivity contribution is 0.0279. The van der Waals surface area contributed by atoms with E-state index in [0.717, 1.165) is 18.2 Å². The average molecular weight is 360 g/mol. The Kier molecular flexibility index (Phi) is 4.92. The van der Waals surface area contributed by atoms with Crippen LogP contribution < -0.4 is 4.74 Å². The zero-order valence-corrected chi connectivity index (χ0v) is 13.9. The van der Waals surface area contributed by atoms with Crippen molar-refractivity contribution in [2.75, 3.05) is 7.11 Å². The van der Waals surface area contributed by atoms with Gasteiger partial charge in [0.05, 0.1) is 12.7 Å². The third-order valence-corrected chi connectivity index (χ3v) is 3.56. The van der Waals surface area contributed by atoms with Crippen LogP contribution in [-0.2, 0) is 4.74 Å². The van der Waals surface area contributed by atoms with Crippen LogP contribution in [0.1, 0.15) is 29.3 Å². The summed E-state index contributed by atoms with van der Waals surface area (Å²) >= 11 is 0. The Morgan fingerprint density at radius 2 is 1.81 bits per heavy atom. The van der Waals surface area contributed by atoms with E-state index in [0.29, 0.717) is 11.3 Å². The van der Waals surface area contributed by atoms with E-state index in [1.54, 1.807) is 31.4 Å². The summed E-state index contributed by atoms with van der Waals surface area (Å²) in [6.45, 7) is 1.53. The van der Waals surface area contributed by atoms with Gasteiger partial charge in [-0.2, -0.15) is 0 Å². The van der Waals surface area contributed by atoms with Crippen LogP contribution in [-0.4, -0.2) is 23.3 Å². The summed E-state index contributed by atoms with van der Waals surface area (Å²) in [6, 6.07) is 9.72. The number of methoxy groups -OCH3 is 1. The third-order valence-electron chi connectivity index (χ3n) is 3.56. The number of carbonyl (C=O) groups is 1. The maximum atomic E-state index is 13.2. The zero-order valence-electron chi connectivity index (χ0n) is 13.9. The molecule has 1 atom stereocenters. The minimum absolute atomic E-state index is 0.0757. The third kappa shape index (κ3) is 3.69. The second kappa shape index (κ2) is 7.30. The quantitative estimate of drug-likeness (QED) is 0.642. The van der Waals surface area contributed by atoms with Gasteiger partial charge in [0.25, 0.3) is 5.89 Å². The van der Waals surface area contributed by atoms with E-state index in [1.165, 1.54) is 6.92 Å². The Morgan fingerprint density at radius 1 is 1.08 bits per heavy atom. The van der Waals surface area contributed by atoms with Gasteiger partial charge in [-0.25, -0.2) is 13.6 Å². The first kappa shape index (κ1) is 17.5. The molecule has 3 rings (SSSR count). The summed E-state index contributed by atoms with van der Waals surface area (Å²) < 4.78 is 41.9. The fourth-order valence-electron chi connectivity index (χ4n) is 2.15. The Morgan fingerprint density at radius 3 is 2.46 bits per heavy atom. The molecule has 3 aromatic rings. The first-order chi connectivity index (χ1) is 12.5. The Balaban J connectivity index is 1.71. The Bertz CT molecular complexity index is 925. The molecule has 6 nitrogen and oxygen atoms in total. The van der Waals surface area contributed by atoms with Crippen molar-refractivity contribution in [2.45, 2.75) is 13.0 Å². The van der Waals surface area contributed by atoms with Crippen LogP contribution in [0.4, 0.5) is 8.78 Å². The molecule has 0 spiro atoms. The summed E-state index contributed by atoms with van der Waals surface area (Å²) in [5.74, 6) is -2.00. The summed E-state index contributed by atoms with van der Waals surface area (Å²) in [5, 5.41) is 7.76. The zero-order chi connectivity index (χ0) is 18.7. The van der Waals surface area contributed by atoms with Crippen molar-refractivity contribution in [3.8, 4) is 17.2 Å². The fourth-order valence-corrected chi connectivity index (χ4v) is 2.15. The van der Waals surface area contributed by atoms with Gasteiger partial charge in [0.1, 0.15) is 5.75 Å². The largest absolute Gasteiger partial charge is 0.497 e. The van der Waals surface area contributed by atoms with Gasteiger partial charge in [-0.3, -0.25) is 0 Å². The van der Waals surface area contributed by atoms with Gasteiger partial charge in [-0.1, -0.05) is 0 Å². The van der Waals surface area contributed by atoms with Gasteiger partial charge in [0.2, 0.25) is 5.89 Å². The highest BCUT2D eigenvalue weighted by molar-refractivity contribution is 5.89. The number of rotatable bonds is 5. The molecule has 26 heavy (non-hydrogen) atoms. The molecule has 0 N–H and O–H groups in total. The first-order valence-corrected chi connectivity index (χ1v) is 7.62. The molecule has 0 amide bonds. The van der Waals surface area contributed by atoms with Gasteiger partial charge < -0.3 is 13.9 Å². The molecular formula is C18H14F2N2O4. The molecule has 0 saturated carbocycles. The van der Waals surface area contributed by atoms with Gasteiger partial charge in [-0.05, 0) is 49.4 Å². The van der Waals surface area contributed by atoms with Crippen LogP contribution in [0.2, 0.25) is 0 Å². The van der Waals surface area contributed by atoms with Gasteiger partial charge in [-0.15, -0.1) is 10.2 Å². The number of esters is 1. The molecular weight excluding hydrogens is 346 g/mol. The number of hydrogen-bond acceptors (Lipinski definition) is 6. The second-order valence-electron chi connectivity index (χ2n) is 5.35. The van der Waals surface area contributed by atoms with Crippen LogP contribution in [0.15, 0.2) is 46.9 Å². The van der Waals surface area contributed by atoms with Gasteiger partial charge in [0, 0.05) is 5.56 Å². The lowest BCUT2D eigenvalue weighted by atomic mass is 10.2. The first-order valence-electron chi connectivity index (χ1n) is 7.62. The molecule has 0 bridgehead atoms. The predicted molar refractivity (Wildman–Crippen MR) is 86.5 cm³/mol. The van der Waals surface area contributed by atoms with E-state index in [4.69, 9.17) is 13.9 Å². The van der Waals surface area contributed by atoms with Crippen molar-refractivity contribution < 1.29 is 27.5 Å². The molecule has 0 fully saturated rings. The second-order valence-corrected chi connectivity index (χ2v) is 5.35. The van der Waals surface area contributed by atoms with Crippen LogP contribution in [0.25, 0.3) is 11.5 Å². The Labute approximate surface area is 147 Å². The molecule has 2 aromatic carbocycles. The molecule has 0 unspecified atom stereocenters. The number of ether oxygens (including phenoxy) is 2. The number of benzene rings is 2. The summed E-state index contributed by atoms with van der Waals surface area (Å²) in [4.78, 5) is 12.0. The van der Waals surface area contributed by atoms with E-state index in [9.17, 15) is 13.6 Å². The van der Waals surface area contributed by atoms with E-state index in [-0.39, 0.29) is 17.3 Å². The fraction of sp³-hybridized carbons (Fsp3) is 0.167. The number of aromatic nitrogens is 2. The Hall–Kier alpha value is -3.29. The molecule has 0 radical (unpaired) electrons. The standard InChI is InChI=1S/C18H14F2N2O4/c1-10(25-18(23)12-5-8-14(19)15(20)9-12)16-21-22-17(26-16)11-3-6-13(24-2)7-4-11/h3-10H,1-2H3/t10-/m0/s1. The molecule has 1 heterocycles. The normalized spacial score (nSPS) is 11.8. The highest BCUT2D eigenvalue weighted by Gasteiger charge is 2.20. The maximum Gasteiger partial charge on any atom is 0.339 e. The van der Waals surface area contributed by atoms with Crippen molar-refractivity contribution in [1.29, 1.82) is 0 Å². The van der Waals surface area contributed by atoms with Crippen molar-refractivity contribution in [3.63, 3.8) is 0 Å². The van der Waals surface area contributed by atoms with Crippen molar-refractivity contribution in [2.24, 2.45) is 0 Å². The van der Waals surface area contributed by atoms with Gasteiger partial charge >= 0.3 is 5.97 Å². The molecule has 0 aliphatic carbocycles. The smallest absolute Gasteiger partial charge is 0.339 e. The minimum atomic E-state index is -1.13. The van der Waals surface area contributed by atoms with Crippen LogP contribution in [0.5, 0.6) is 5.75 Å². The monoisotopic (exact) mass is 360 g/mol. The molecule has 8 heteroatoms. The van der Waals surface area contributed by atoms with Crippen LogP contribution in [0.3, 0.4) is 0 Å². The molecule has 0 saturated heterocycles. The minimum Gasteiger partial charge on any atom is -0.497 e. The highest BCUT2D eigenvalue weighted by atomic mass is 19.2. The van der Waals surface area contributed by atoms with Crippen molar-refractivity contribution in [1.82, 2.24) is 10.2 Å². The van der Waals surface area contributed by atoms with E-state index >= 15 is 0 Å². The number of hydrogen-bond donors (Lipinski definition) is 0. The summed E-state index contributed by atoms with van der Waals surface area (Å²) in [7, 11) is 1.56. The lowest BCUT2D eigenvalue weighted by Gasteiger charge is -2.09. The molecule has 134 valence electrons. The van der Waals surface area contributed by atoms with E-state index in [1.807, 2.05) is 0 Å². The molecule has 0 aliphatic heterocycles. The van der Waals surface area contributed by atoms with Crippen molar-refractivity contribution >= 4 is 5.97 Å². The van der Waals surface area contributed by atoms with Crippen LogP contribution in [0, 0.1) is 11.6 Å². The summed E-state index contributed by atoms with van der Waals surface area (Å²) in [5.41, 5.74) is 0.550.